The number of nitrogens with zero attached hydrogens (tertiary/aromatic N) is 3. The number of hydrogen-bond acceptors (Lipinski definition) is 5. The molecule has 0 radical (unpaired) electrons. The molecule has 136 valence electrons. The first-order valence-electron chi connectivity index (χ1n) is 8.01. The van der Waals surface area contributed by atoms with Gasteiger partial charge in [-0.3, -0.25) is 4.57 Å². The summed E-state index contributed by atoms with van der Waals surface area (Å²) in [4.78, 5) is 0. The van der Waals surface area contributed by atoms with Gasteiger partial charge in [0.15, 0.2) is 11.0 Å². The monoisotopic (exact) mass is 372 g/mol. The molecule has 1 aromatic heterocycles. The summed E-state index contributed by atoms with van der Waals surface area (Å²) in [6.45, 7) is 1.59. The first kappa shape index (κ1) is 18.2. The van der Waals surface area contributed by atoms with Crippen molar-refractivity contribution in [2.75, 3.05) is 19.0 Å². The fraction of sp³-hybridized carbons (Fsp3) is 0.500. The third kappa shape index (κ3) is 4.34. The third-order valence-electron chi connectivity index (χ3n) is 4.02. The van der Waals surface area contributed by atoms with Crippen LogP contribution in [-0.4, -0.2) is 33.7 Å². The van der Waals surface area contributed by atoms with Crippen molar-refractivity contribution in [2.24, 2.45) is 11.7 Å². The smallest absolute Gasteiger partial charge is 0.381 e. The predicted octanol–water partition coefficient (Wildman–Crippen LogP) is 3.26. The molecule has 0 bridgehead atoms. The molecule has 0 saturated carbocycles. The lowest BCUT2D eigenvalue weighted by atomic mass is 10.1. The highest BCUT2D eigenvalue weighted by Crippen LogP contribution is 2.32. The van der Waals surface area contributed by atoms with Gasteiger partial charge in [-0.1, -0.05) is 17.8 Å². The van der Waals surface area contributed by atoms with Crippen LogP contribution in [0.5, 0.6) is 0 Å². The first-order valence-corrected chi connectivity index (χ1v) is 9.00. The Morgan fingerprint density at radius 2 is 2.16 bits per heavy atom. The standard InChI is InChI=1S/C16H19F3N4OS/c17-16(18,19)12-4-1-5-13(7-12)23-14(8-20)21-22-15(23)25-10-11-3-2-6-24-9-11/h1,4-5,7,11H,2-3,6,8-10,20H2/t11-/m1/s1. The summed E-state index contributed by atoms with van der Waals surface area (Å²) in [5.41, 5.74) is 5.34. The van der Waals surface area contributed by atoms with E-state index in [-0.39, 0.29) is 6.54 Å². The maximum absolute atomic E-state index is 13.0. The highest BCUT2D eigenvalue weighted by Gasteiger charge is 2.31. The molecular weight excluding hydrogens is 353 g/mol. The van der Waals surface area contributed by atoms with Gasteiger partial charge in [0.1, 0.15) is 0 Å². The molecule has 1 aromatic carbocycles. The van der Waals surface area contributed by atoms with Gasteiger partial charge < -0.3 is 10.5 Å². The molecule has 25 heavy (non-hydrogen) atoms. The van der Waals surface area contributed by atoms with Gasteiger partial charge in [0.2, 0.25) is 0 Å². The van der Waals surface area contributed by atoms with Crippen molar-refractivity contribution in [3.63, 3.8) is 0 Å². The largest absolute Gasteiger partial charge is 0.416 e. The minimum absolute atomic E-state index is 0.0936. The van der Waals surface area contributed by atoms with Gasteiger partial charge >= 0.3 is 6.18 Å². The Balaban J connectivity index is 1.86. The number of thioether (sulfide) groups is 1. The van der Waals surface area contributed by atoms with Crippen molar-refractivity contribution >= 4 is 11.8 Å². The normalized spacial score (nSPS) is 18.5. The van der Waals surface area contributed by atoms with E-state index in [0.29, 0.717) is 29.2 Å². The van der Waals surface area contributed by atoms with Crippen LogP contribution in [0, 0.1) is 5.92 Å². The Morgan fingerprint density at radius 3 is 2.84 bits per heavy atom. The molecule has 2 aromatic rings. The van der Waals surface area contributed by atoms with Crippen molar-refractivity contribution in [1.29, 1.82) is 0 Å². The second kappa shape index (κ2) is 7.76. The molecule has 9 heteroatoms. The van der Waals surface area contributed by atoms with Crippen LogP contribution in [0.3, 0.4) is 0 Å². The number of aromatic nitrogens is 3. The van der Waals surface area contributed by atoms with E-state index < -0.39 is 11.7 Å². The average Bonchev–Trinajstić information content (AvgIpc) is 3.03. The van der Waals surface area contributed by atoms with Gasteiger partial charge in [-0.05, 0) is 37.0 Å². The Morgan fingerprint density at radius 1 is 1.32 bits per heavy atom. The molecule has 0 amide bonds. The van der Waals surface area contributed by atoms with Crippen molar-refractivity contribution in [1.82, 2.24) is 14.8 Å². The third-order valence-corrected chi connectivity index (χ3v) is 5.18. The van der Waals surface area contributed by atoms with Gasteiger partial charge in [0, 0.05) is 12.4 Å². The van der Waals surface area contributed by atoms with Crippen LogP contribution in [0.15, 0.2) is 29.4 Å². The fourth-order valence-corrected chi connectivity index (χ4v) is 3.82. The molecule has 1 aliphatic rings. The molecule has 1 fully saturated rings. The number of halogens is 3. The number of rotatable bonds is 5. The second-order valence-electron chi connectivity index (χ2n) is 5.88. The average molecular weight is 372 g/mol. The van der Waals surface area contributed by atoms with Gasteiger partial charge in [-0.15, -0.1) is 10.2 Å². The van der Waals surface area contributed by atoms with E-state index in [1.807, 2.05) is 0 Å². The Hall–Kier alpha value is -1.58. The van der Waals surface area contributed by atoms with E-state index in [1.54, 1.807) is 10.6 Å². The SMILES string of the molecule is NCc1nnc(SC[C@@H]2CCCOC2)n1-c1cccc(C(F)(F)F)c1. The number of ether oxygens (including phenoxy) is 1. The van der Waals surface area contributed by atoms with Crippen LogP contribution in [0.2, 0.25) is 0 Å². The number of alkyl halides is 3. The molecular formula is C16H19F3N4OS. The number of hydrogen-bond donors (Lipinski definition) is 1. The van der Waals surface area contributed by atoms with Gasteiger partial charge in [0.05, 0.1) is 24.4 Å². The molecule has 0 aliphatic carbocycles. The molecule has 1 saturated heterocycles. The number of nitrogens with two attached hydrogens (primary N) is 1. The first-order chi connectivity index (χ1) is 12.0. The summed E-state index contributed by atoms with van der Waals surface area (Å²) < 4.78 is 46.1. The summed E-state index contributed by atoms with van der Waals surface area (Å²) >= 11 is 1.47. The Labute approximate surface area is 147 Å². The highest BCUT2D eigenvalue weighted by molar-refractivity contribution is 7.99. The molecule has 0 spiro atoms. The lowest BCUT2D eigenvalue weighted by Crippen LogP contribution is -2.19. The summed E-state index contributed by atoms with van der Waals surface area (Å²) in [7, 11) is 0. The zero-order valence-electron chi connectivity index (χ0n) is 13.5. The Bertz CT molecular complexity index is 714. The van der Waals surface area contributed by atoms with Gasteiger partial charge in [-0.2, -0.15) is 13.2 Å². The van der Waals surface area contributed by atoms with Crippen molar-refractivity contribution < 1.29 is 17.9 Å². The molecule has 3 rings (SSSR count). The van der Waals surface area contributed by atoms with Crippen LogP contribution in [0.1, 0.15) is 24.2 Å². The van der Waals surface area contributed by atoms with Gasteiger partial charge in [-0.25, -0.2) is 0 Å². The molecule has 2 heterocycles. The minimum Gasteiger partial charge on any atom is -0.381 e. The van der Waals surface area contributed by atoms with Crippen LogP contribution in [-0.2, 0) is 17.5 Å². The molecule has 1 atom stereocenters. The summed E-state index contributed by atoms with van der Waals surface area (Å²) in [6.07, 6.45) is -2.30. The maximum atomic E-state index is 13.0. The molecule has 5 nitrogen and oxygen atoms in total. The Kier molecular flexibility index (Phi) is 5.65. The lowest BCUT2D eigenvalue weighted by Gasteiger charge is -2.21. The van der Waals surface area contributed by atoms with E-state index in [2.05, 4.69) is 10.2 Å². The summed E-state index contributed by atoms with van der Waals surface area (Å²) in [5.74, 6) is 1.62. The maximum Gasteiger partial charge on any atom is 0.416 e. The zero-order chi connectivity index (χ0) is 17.9. The van der Waals surface area contributed by atoms with Crippen molar-refractivity contribution in [3.8, 4) is 5.69 Å². The van der Waals surface area contributed by atoms with Crippen LogP contribution < -0.4 is 5.73 Å². The predicted molar refractivity (Wildman–Crippen MR) is 88.5 cm³/mol. The van der Waals surface area contributed by atoms with E-state index in [1.165, 1.54) is 17.8 Å². The second-order valence-corrected chi connectivity index (χ2v) is 6.87. The zero-order valence-corrected chi connectivity index (χ0v) is 14.3. The van der Waals surface area contributed by atoms with E-state index in [4.69, 9.17) is 10.5 Å². The quantitative estimate of drug-likeness (QED) is 0.816. The van der Waals surface area contributed by atoms with Crippen molar-refractivity contribution in [2.45, 2.75) is 30.7 Å². The van der Waals surface area contributed by atoms with E-state index in [0.717, 1.165) is 37.3 Å². The van der Waals surface area contributed by atoms with Gasteiger partial charge in [0.25, 0.3) is 0 Å². The topological polar surface area (TPSA) is 66.0 Å². The van der Waals surface area contributed by atoms with Crippen LogP contribution in [0.25, 0.3) is 5.69 Å². The molecule has 1 aliphatic heterocycles. The minimum atomic E-state index is -4.40. The number of benzene rings is 1. The lowest BCUT2D eigenvalue weighted by molar-refractivity contribution is -0.137. The summed E-state index contributed by atoms with van der Waals surface area (Å²) in [6, 6.07) is 5.12. The van der Waals surface area contributed by atoms with E-state index in [9.17, 15) is 13.2 Å². The molecule has 0 unspecified atom stereocenters. The van der Waals surface area contributed by atoms with Crippen molar-refractivity contribution in [3.05, 3.63) is 35.7 Å². The fourth-order valence-electron chi connectivity index (χ4n) is 2.74. The molecule has 2 N–H and O–H groups in total. The van der Waals surface area contributed by atoms with Crippen LogP contribution in [0.4, 0.5) is 13.2 Å². The summed E-state index contributed by atoms with van der Waals surface area (Å²) in [5, 5.41) is 8.68. The highest BCUT2D eigenvalue weighted by atomic mass is 32.2. The van der Waals surface area contributed by atoms with Crippen LogP contribution >= 0.6 is 11.8 Å². The van der Waals surface area contributed by atoms with E-state index >= 15 is 0 Å².